The standard InChI is InChI=1S/C13H20ClNO2/c1-2-3-7-17-13-6-4-5-11(8-13)15-10-12(16)9-14/h4-6,8,12,15-16H,2-3,7,9-10H2,1H3. The molecule has 0 aliphatic heterocycles. The zero-order valence-corrected chi connectivity index (χ0v) is 10.9. The van der Waals surface area contributed by atoms with E-state index in [1.54, 1.807) is 0 Å². The lowest BCUT2D eigenvalue weighted by molar-refractivity contribution is 0.211. The molecule has 1 aromatic rings. The Morgan fingerprint density at radius 2 is 2.29 bits per heavy atom. The Bertz CT molecular complexity index is 320. The molecule has 96 valence electrons. The maximum atomic E-state index is 9.34. The van der Waals surface area contributed by atoms with Gasteiger partial charge in [-0.3, -0.25) is 0 Å². The Kier molecular flexibility index (Phi) is 6.82. The van der Waals surface area contributed by atoms with E-state index in [0.29, 0.717) is 6.54 Å². The molecule has 1 aromatic carbocycles. The molecule has 0 saturated heterocycles. The number of aliphatic hydroxyl groups excluding tert-OH is 1. The molecular formula is C13H20ClNO2. The highest BCUT2D eigenvalue weighted by atomic mass is 35.5. The van der Waals surface area contributed by atoms with E-state index in [1.165, 1.54) is 0 Å². The minimum atomic E-state index is -0.527. The lowest BCUT2D eigenvalue weighted by Crippen LogP contribution is -2.20. The van der Waals surface area contributed by atoms with E-state index in [-0.39, 0.29) is 5.88 Å². The fourth-order valence-electron chi connectivity index (χ4n) is 1.32. The van der Waals surface area contributed by atoms with Gasteiger partial charge in [0.1, 0.15) is 5.75 Å². The molecule has 0 amide bonds. The Morgan fingerprint density at radius 1 is 1.47 bits per heavy atom. The number of halogens is 1. The van der Waals surface area contributed by atoms with Crippen LogP contribution >= 0.6 is 11.6 Å². The van der Waals surface area contributed by atoms with Crippen LogP contribution in [0.25, 0.3) is 0 Å². The number of hydrogen-bond donors (Lipinski definition) is 2. The van der Waals surface area contributed by atoms with Gasteiger partial charge in [-0.05, 0) is 18.6 Å². The predicted molar refractivity (Wildman–Crippen MR) is 72.1 cm³/mol. The van der Waals surface area contributed by atoms with Crippen molar-refractivity contribution in [1.29, 1.82) is 0 Å². The van der Waals surface area contributed by atoms with Crippen LogP contribution in [0.1, 0.15) is 19.8 Å². The zero-order chi connectivity index (χ0) is 12.5. The van der Waals surface area contributed by atoms with E-state index in [4.69, 9.17) is 16.3 Å². The summed E-state index contributed by atoms with van der Waals surface area (Å²) in [4.78, 5) is 0. The largest absolute Gasteiger partial charge is 0.494 e. The van der Waals surface area contributed by atoms with Gasteiger partial charge in [-0.2, -0.15) is 0 Å². The number of benzene rings is 1. The highest BCUT2D eigenvalue weighted by Gasteiger charge is 2.02. The van der Waals surface area contributed by atoms with Gasteiger partial charge in [-0.1, -0.05) is 19.4 Å². The molecule has 2 N–H and O–H groups in total. The average molecular weight is 258 g/mol. The maximum absolute atomic E-state index is 9.34. The van der Waals surface area contributed by atoms with Gasteiger partial charge >= 0.3 is 0 Å². The van der Waals surface area contributed by atoms with Crippen molar-refractivity contribution in [1.82, 2.24) is 0 Å². The summed E-state index contributed by atoms with van der Waals surface area (Å²) in [5, 5.41) is 12.4. The predicted octanol–water partition coefficient (Wildman–Crippen LogP) is 2.88. The molecule has 4 heteroatoms. The molecule has 0 radical (unpaired) electrons. The molecule has 0 heterocycles. The van der Waals surface area contributed by atoms with Crippen LogP contribution in [0.4, 0.5) is 5.69 Å². The molecule has 0 aliphatic rings. The molecule has 0 fully saturated rings. The van der Waals surface area contributed by atoms with Gasteiger partial charge in [0, 0.05) is 18.3 Å². The molecular weight excluding hydrogens is 238 g/mol. The first-order chi connectivity index (χ1) is 8.26. The molecule has 0 bridgehead atoms. The van der Waals surface area contributed by atoms with Crippen molar-refractivity contribution >= 4 is 17.3 Å². The Labute approximate surface area is 108 Å². The zero-order valence-electron chi connectivity index (χ0n) is 10.2. The van der Waals surface area contributed by atoms with E-state index in [2.05, 4.69) is 12.2 Å². The molecule has 3 nitrogen and oxygen atoms in total. The van der Waals surface area contributed by atoms with Gasteiger partial charge in [-0.15, -0.1) is 11.6 Å². The summed E-state index contributed by atoms with van der Waals surface area (Å²) in [7, 11) is 0. The molecule has 1 unspecified atom stereocenters. The second-order valence-corrected chi connectivity index (χ2v) is 4.23. The minimum Gasteiger partial charge on any atom is -0.494 e. The van der Waals surface area contributed by atoms with E-state index in [1.807, 2.05) is 24.3 Å². The number of nitrogens with one attached hydrogen (secondary N) is 1. The van der Waals surface area contributed by atoms with Crippen molar-refractivity contribution in [3.8, 4) is 5.75 Å². The molecule has 0 saturated carbocycles. The first-order valence-corrected chi connectivity index (χ1v) is 6.50. The van der Waals surface area contributed by atoms with Crippen molar-refractivity contribution < 1.29 is 9.84 Å². The highest BCUT2D eigenvalue weighted by Crippen LogP contribution is 2.17. The number of hydrogen-bond acceptors (Lipinski definition) is 3. The van der Waals surface area contributed by atoms with Crippen LogP contribution in [-0.4, -0.2) is 30.2 Å². The number of ether oxygens (including phenoxy) is 1. The van der Waals surface area contributed by atoms with Crippen LogP contribution in [0.5, 0.6) is 5.75 Å². The molecule has 1 atom stereocenters. The third-order valence-corrected chi connectivity index (χ3v) is 2.68. The first-order valence-electron chi connectivity index (χ1n) is 5.97. The molecule has 0 aliphatic carbocycles. The van der Waals surface area contributed by atoms with Gasteiger partial charge in [0.2, 0.25) is 0 Å². The Hall–Kier alpha value is -0.930. The third kappa shape index (κ3) is 5.80. The van der Waals surface area contributed by atoms with Gasteiger partial charge in [0.05, 0.1) is 18.6 Å². The van der Waals surface area contributed by atoms with Crippen LogP contribution in [0, 0.1) is 0 Å². The SMILES string of the molecule is CCCCOc1cccc(NCC(O)CCl)c1. The van der Waals surface area contributed by atoms with Crippen molar-refractivity contribution in [3.05, 3.63) is 24.3 Å². The minimum absolute atomic E-state index is 0.236. The van der Waals surface area contributed by atoms with Crippen molar-refractivity contribution in [2.75, 3.05) is 24.3 Å². The van der Waals surface area contributed by atoms with Crippen molar-refractivity contribution in [2.45, 2.75) is 25.9 Å². The Morgan fingerprint density at radius 3 is 3.00 bits per heavy atom. The number of anilines is 1. The fraction of sp³-hybridized carbons (Fsp3) is 0.538. The summed E-state index contributed by atoms with van der Waals surface area (Å²) >= 11 is 5.52. The quantitative estimate of drug-likeness (QED) is 0.556. The van der Waals surface area contributed by atoms with Gasteiger partial charge < -0.3 is 15.2 Å². The number of aliphatic hydroxyl groups is 1. The topological polar surface area (TPSA) is 41.5 Å². The molecule has 0 aromatic heterocycles. The van der Waals surface area contributed by atoms with E-state index in [0.717, 1.165) is 30.9 Å². The first kappa shape index (κ1) is 14.1. The Balaban J connectivity index is 2.42. The number of rotatable bonds is 8. The van der Waals surface area contributed by atoms with Gasteiger partial charge in [-0.25, -0.2) is 0 Å². The summed E-state index contributed by atoms with van der Waals surface area (Å²) in [5.74, 6) is 1.09. The van der Waals surface area contributed by atoms with E-state index < -0.39 is 6.10 Å². The monoisotopic (exact) mass is 257 g/mol. The lowest BCUT2D eigenvalue weighted by atomic mass is 10.3. The second-order valence-electron chi connectivity index (χ2n) is 3.92. The highest BCUT2D eigenvalue weighted by molar-refractivity contribution is 6.18. The van der Waals surface area contributed by atoms with Crippen molar-refractivity contribution in [3.63, 3.8) is 0 Å². The summed E-state index contributed by atoms with van der Waals surface area (Å²) in [6, 6.07) is 7.72. The van der Waals surface area contributed by atoms with E-state index >= 15 is 0 Å². The smallest absolute Gasteiger partial charge is 0.121 e. The number of unbranched alkanes of at least 4 members (excludes halogenated alkanes) is 1. The second kappa shape index (κ2) is 8.20. The van der Waals surface area contributed by atoms with E-state index in [9.17, 15) is 5.11 Å². The lowest BCUT2D eigenvalue weighted by Gasteiger charge is -2.11. The molecule has 17 heavy (non-hydrogen) atoms. The molecule has 0 spiro atoms. The molecule has 1 rings (SSSR count). The summed E-state index contributed by atoms with van der Waals surface area (Å²) in [6.07, 6.45) is 1.66. The summed E-state index contributed by atoms with van der Waals surface area (Å²) in [5.41, 5.74) is 0.933. The van der Waals surface area contributed by atoms with Crippen LogP contribution in [0.3, 0.4) is 0 Å². The third-order valence-electron chi connectivity index (χ3n) is 2.32. The number of alkyl halides is 1. The van der Waals surface area contributed by atoms with Crippen LogP contribution in [0.2, 0.25) is 0 Å². The van der Waals surface area contributed by atoms with Gasteiger partial charge in [0.25, 0.3) is 0 Å². The summed E-state index contributed by atoms with van der Waals surface area (Å²) in [6.45, 7) is 3.32. The normalized spacial score (nSPS) is 12.2. The fourth-order valence-corrected chi connectivity index (χ4v) is 1.43. The van der Waals surface area contributed by atoms with Gasteiger partial charge in [0.15, 0.2) is 0 Å². The summed E-state index contributed by atoms with van der Waals surface area (Å²) < 4.78 is 5.59. The van der Waals surface area contributed by atoms with Crippen molar-refractivity contribution in [2.24, 2.45) is 0 Å². The average Bonchev–Trinajstić information content (AvgIpc) is 2.37. The van der Waals surface area contributed by atoms with Crippen LogP contribution in [-0.2, 0) is 0 Å². The van der Waals surface area contributed by atoms with Crippen LogP contribution < -0.4 is 10.1 Å². The van der Waals surface area contributed by atoms with Crippen LogP contribution in [0.15, 0.2) is 24.3 Å². The maximum Gasteiger partial charge on any atom is 0.121 e.